The quantitative estimate of drug-likeness (QED) is 0.670. The Kier molecular flexibility index (Phi) is 6.74. The highest BCUT2D eigenvalue weighted by atomic mass is 16.5. The molecule has 0 amide bonds. The lowest BCUT2D eigenvalue weighted by Crippen LogP contribution is -2.16. The van der Waals surface area contributed by atoms with Crippen LogP contribution in [0.15, 0.2) is 18.2 Å². The molecule has 106 valence electrons. The van der Waals surface area contributed by atoms with E-state index in [4.69, 9.17) is 14.6 Å². The number of para-hydroxylation sites is 1. The fourth-order valence-corrected chi connectivity index (χ4v) is 1.76. The predicted octanol–water partition coefficient (Wildman–Crippen LogP) is 2.05. The van der Waals surface area contributed by atoms with Gasteiger partial charge in [-0.15, -0.1) is 0 Å². The summed E-state index contributed by atoms with van der Waals surface area (Å²) in [6, 6.07) is 5.74. The van der Waals surface area contributed by atoms with Gasteiger partial charge in [0.2, 0.25) is 0 Å². The maximum Gasteiger partial charge on any atom is 0.303 e. The van der Waals surface area contributed by atoms with Gasteiger partial charge < -0.3 is 19.9 Å². The Morgan fingerprint density at radius 3 is 2.84 bits per heavy atom. The highest BCUT2D eigenvalue weighted by Gasteiger charge is 2.09. The summed E-state index contributed by atoms with van der Waals surface area (Å²) in [5.74, 6) is 0.697. The number of carboxylic acids is 1. The molecule has 0 aliphatic heterocycles. The molecular weight excluding hydrogens is 246 g/mol. The van der Waals surface area contributed by atoms with Gasteiger partial charge in [-0.3, -0.25) is 4.79 Å². The summed E-state index contributed by atoms with van der Waals surface area (Å²) in [6.07, 6.45) is 0.798. The molecule has 0 atom stereocenters. The van der Waals surface area contributed by atoms with Gasteiger partial charge in [0.25, 0.3) is 0 Å². The number of hydrogen-bond donors (Lipinski definition) is 2. The van der Waals surface area contributed by atoms with Crippen LogP contribution in [0, 0.1) is 0 Å². The van der Waals surface area contributed by atoms with E-state index in [1.54, 1.807) is 7.11 Å². The Morgan fingerprint density at radius 1 is 1.42 bits per heavy atom. The second-order valence-electron chi connectivity index (χ2n) is 4.06. The van der Waals surface area contributed by atoms with Gasteiger partial charge in [0.1, 0.15) is 0 Å². The van der Waals surface area contributed by atoms with Crippen LogP contribution in [0.4, 0.5) is 0 Å². The molecular formula is C14H21NO4. The second kappa shape index (κ2) is 8.37. The fourth-order valence-electron chi connectivity index (χ4n) is 1.76. The van der Waals surface area contributed by atoms with Crippen LogP contribution in [0.1, 0.15) is 25.3 Å². The van der Waals surface area contributed by atoms with Gasteiger partial charge in [-0.1, -0.05) is 12.1 Å². The molecule has 5 heteroatoms. The van der Waals surface area contributed by atoms with E-state index in [9.17, 15) is 4.79 Å². The van der Waals surface area contributed by atoms with Crippen LogP contribution in [0.2, 0.25) is 0 Å². The molecule has 1 aromatic rings. The van der Waals surface area contributed by atoms with E-state index in [2.05, 4.69) is 5.32 Å². The van der Waals surface area contributed by atoms with Crippen molar-refractivity contribution in [3.05, 3.63) is 23.8 Å². The number of nitrogens with one attached hydrogen (secondary N) is 1. The highest BCUT2D eigenvalue weighted by molar-refractivity contribution is 5.66. The first kappa shape index (κ1) is 15.3. The Labute approximate surface area is 113 Å². The number of carboxylic acid groups (broad SMARTS) is 1. The van der Waals surface area contributed by atoms with Crippen LogP contribution in [0.5, 0.6) is 11.5 Å². The summed E-state index contributed by atoms with van der Waals surface area (Å²) in [6.45, 7) is 3.80. The lowest BCUT2D eigenvalue weighted by atomic mass is 10.1. The lowest BCUT2D eigenvalue weighted by Gasteiger charge is -2.14. The Bertz CT molecular complexity index is 406. The molecule has 0 unspecified atom stereocenters. The molecule has 0 spiro atoms. The van der Waals surface area contributed by atoms with E-state index in [-0.39, 0.29) is 6.42 Å². The van der Waals surface area contributed by atoms with Crippen molar-refractivity contribution < 1.29 is 19.4 Å². The van der Waals surface area contributed by atoms with Crippen LogP contribution in [-0.4, -0.2) is 31.3 Å². The number of hydrogen-bond acceptors (Lipinski definition) is 4. The van der Waals surface area contributed by atoms with Gasteiger partial charge >= 0.3 is 5.97 Å². The van der Waals surface area contributed by atoms with Gasteiger partial charge in [0, 0.05) is 18.5 Å². The summed E-state index contributed by atoms with van der Waals surface area (Å²) in [7, 11) is 1.61. The summed E-state index contributed by atoms with van der Waals surface area (Å²) < 4.78 is 10.9. The van der Waals surface area contributed by atoms with Crippen molar-refractivity contribution in [2.45, 2.75) is 26.3 Å². The predicted molar refractivity (Wildman–Crippen MR) is 72.7 cm³/mol. The summed E-state index contributed by atoms with van der Waals surface area (Å²) in [5, 5.41) is 11.8. The van der Waals surface area contributed by atoms with Crippen molar-refractivity contribution >= 4 is 5.97 Å². The Morgan fingerprint density at radius 2 is 2.21 bits per heavy atom. The molecule has 5 nitrogen and oxygen atoms in total. The van der Waals surface area contributed by atoms with Crippen LogP contribution in [0.3, 0.4) is 0 Å². The second-order valence-corrected chi connectivity index (χ2v) is 4.06. The minimum Gasteiger partial charge on any atom is -0.493 e. The summed E-state index contributed by atoms with van der Waals surface area (Å²) >= 11 is 0. The normalized spacial score (nSPS) is 10.2. The number of carbonyl (C=O) groups is 1. The monoisotopic (exact) mass is 267 g/mol. The number of benzene rings is 1. The van der Waals surface area contributed by atoms with E-state index in [0.717, 1.165) is 11.3 Å². The van der Waals surface area contributed by atoms with E-state index in [1.165, 1.54) is 0 Å². The molecule has 0 aliphatic carbocycles. The topological polar surface area (TPSA) is 67.8 Å². The summed E-state index contributed by atoms with van der Waals surface area (Å²) in [4.78, 5) is 10.4. The third-order valence-corrected chi connectivity index (χ3v) is 2.63. The van der Waals surface area contributed by atoms with Crippen molar-refractivity contribution in [1.82, 2.24) is 5.32 Å². The number of rotatable bonds is 9. The summed E-state index contributed by atoms with van der Waals surface area (Å²) in [5.41, 5.74) is 1.01. The van der Waals surface area contributed by atoms with Gasteiger partial charge in [-0.25, -0.2) is 0 Å². The van der Waals surface area contributed by atoms with Crippen molar-refractivity contribution in [2.75, 3.05) is 20.3 Å². The van der Waals surface area contributed by atoms with Crippen LogP contribution in [-0.2, 0) is 11.3 Å². The minimum atomic E-state index is -0.766. The number of ether oxygens (including phenoxy) is 2. The van der Waals surface area contributed by atoms with Crippen LogP contribution >= 0.6 is 0 Å². The first-order valence-corrected chi connectivity index (χ1v) is 6.40. The third kappa shape index (κ3) is 5.18. The van der Waals surface area contributed by atoms with Crippen molar-refractivity contribution in [3.63, 3.8) is 0 Å². The number of methoxy groups -OCH3 is 1. The third-order valence-electron chi connectivity index (χ3n) is 2.63. The smallest absolute Gasteiger partial charge is 0.303 e. The fraction of sp³-hybridized carbons (Fsp3) is 0.500. The van der Waals surface area contributed by atoms with E-state index in [1.807, 2.05) is 25.1 Å². The largest absolute Gasteiger partial charge is 0.493 e. The Balaban J connectivity index is 2.54. The van der Waals surface area contributed by atoms with Crippen molar-refractivity contribution in [3.8, 4) is 11.5 Å². The first-order chi connectivity index (χ1) is 9.19. The minimum absolute atomic E-state index is 0.184. The zero-order chi connectivity index (χ0) is 14.1. The molecule has 0 aromatic heterocycles. The van der Waals surface area contributed by atoms with E-state index < -0.39 is 5.97 Å². The molecule has 1 rings (SSSR count). The maximum atomic E-state index is 10.4. The van der Waals surface area contributed by atoms with Gasteiger partial charge in [-0.05, 0) is 26.0 Å². The molecule has 0 aliphatic rings. The lowest BCUT2D eigenvalue weighted by molar-refractivity contribution is -0.137. The average Bonchev–Trinajstić information content (AvgIpc) is 2.39. The van der Waals surface area contributed by atoms with Gasteiger partial charge in [0.15, 0.2) is 11.5 Å². The van der Waals surface area contributed by atoms with Crippen LogP contribution in [0.25, 0.3) is 0 Å². The van der Waals surface area contributed by atoms with Crippen molar-refractivity contribution in [1.29, 1.82) is 0 Å². The Hall–Kier alpha value is -1.75. The standard InChI is InChI=1S/C14H21NO4/c1-3-19-14-11(6-4-7-12(14)18-2)10-15-9-5-8-13(16)17/h4,6-7,15H,3,5,8-10H2,1-2H3,(H,16,17). The molecule has 0 fully saturated rings. The number of aliphatic carboxylic acids is 1. The van der Waals surface area contributed by atoms with E-state index >= 15 is 0 Å². The van der Waals surface area contributed by atoms with Crippen LogP contribution < -0.4 is 14.8 Å². The zero-order valence-corrected chi connectivity index (χ0v) is 11.4. The highest BCUT2D eigenvalue weighted by Crippen LogP contribution is 2.30. The SMILES string of the molecule is CCOc1c(CNCCCC(=O)O)cccc1OC. The molecule has 0 heterocycles. The molecule has 0 saturated heterocycles. The average molecular weight is 267 g/mol. The molecule has 0 bridgehead atoms. The molecule has 0 saturated carbocycles. The molecule has 0 radical (unpaired) electrons. The zero-order valence-electron chi connectivity index (χ0n) is 11.4. The molecule has 1 aromatic carbocycles. The van der Waals surface area contributed by atoms with Crippen molar-refractivity contribution in [2.24, 2.45) is 0 Å². The maximum absolute atomic E-state index is 10.4. The first-order valence-electron chi connectivity index (χ1n) is 6.40. The molecule has 19 heavy (non-hydrogen) atoms. The van der Waals surface area contributed by atoms with E-state index in [0.29, 0.717) is 31.9 Å². The molecule has 2 N–H and O–H groups in total. The van der Waals surface area contributed by atoms with Gasteiger partial charge in [-0.2, -0.15) is 0 Å². The van der Waals surface area contributed by atoms with Gasteiger partial charge in [0.05, 0.1) is 13.7 Å².